The molecule has 2 amide bonds. The van der Waals surface area contributed by atoms with E-state index in [2.05, 4.69) is 10.6 Å². The first kappa shape index (κ1) is 20.1. The van der Waals surface area contributed by atoms with Crippen LogP contribution in [0.2, 0.25) is 0 Å². The molecule has 1 saturated heterocycles. The van der Waals surface area contributed by atoms with Crippen molar-refractivity contribution in [1.29, 1.82) is 0 Å². The van der Waals surface area contributed by atoms with Gasteiger partial charge in [0.05, 0.1) is 17.7 Å². The molecular weight excluding hydrogens is 382 g/mol. The molecular formula is C19H23N3O5S. The fourth-order valence-electron chi connectivity index (χ4n) is 2.97. The quantitative estimate of drug-likeness (QED) is 0.669. The van der Waals surface area contributed by atoms with E-state index in [-0.39, 0.29) is 18.0 Å². The van der Waals surface area contributed by atoms with E-state index in [1.807, 2.05) is 0 Å². The van der Waals surface area contributed by atoms with Gasteiger partial charge in [0.1, 0.15) is 5.76 Å². The SMILES string of the molecule is O=C(NCCc1ccc(S(=O)(=O)N2CCCC2)cc1)C(=O)NCc1ccco1. The first-order valence-corrected chi connectivity index (χ1v) is 10.6. The number of hydrogen-bond donors (Lipinski definition) is 2. The minimum Gasteiger partial charge on any atom is -0.467 e. The highest BCUT2D eigenvalue weighted by atomic mass is 32.2. The maximum Gasteiger partial charge on any atom is 0.309 e. The lowest BCUT2D eigenvalue weighted by Gasteiger charge is -2.15. The number of nitrogens with zero attached hydrogens (tertiary/aromatic N) is 1. The molecule has 0 aliphatic carbocycles. The molecule has 150 valence electrons. The van der Waals surface area contributed by atoms with E-state index < -0.39 is 21.8 Å². The number of carbonyl (C=O) groups is 2. The van der Waals surface area contributed by atoms with Crippen LogP contribution in [-0.2, 0) is 32.6 Å². The Morgan fingerprint density at radius 1 is 1.00 bits per heavy atom. The van der Waals surface area contributed by atoms with Crippen molar-refractivity contribution in [3.8, 4) is 0 Å². The van der Waals surface area contributed by atoms with Crippen LogP contribution in [0, 0.1) is 0 Å². The van der Waals surface area contributed by atoms with Gasteiger partial charge >= 0.3 is 11.8 Å². The summed E-state index contributed by atoms with van der Waals surface area (Å²) in [5.74, 6) is -0.895. The topological polar surface area (TPSA) is 109 Å². The molecule has 0 spiro atoms. The Hall–Kier alpha value is -2.65. The van der Waals surface area contributed by atoms with Gasteiger partial charge in [-0.2, -0.15) is 4.31 Å². The van der Waals surface area contributed by atoms with Crippen molar-refractivity contribution in [2.75, 3.05) is 19.6 Å². The summed E-state index contributed by atoms with van der Waals surface area (Å²) in [7, 11) is -3.42. The van der Waals surface area contributed by atoms with E-state index in [1.165, 1.54) is 10.6 Å². The summed E-state index contributed by atoms with van der Waals surface area (Å²) in [6.07, 6.45) is 3.77. The van der Waals surface area contributed by atoms with Crippen molar-refractivity contribution in [1.82, 2.24) is 14.9 Å². The molecule has 9 heteroatoms. The molecule has 0 bridgehead atoms. The summed E-state index contributed by atoms with van der Waals surface area (Å²) < 4.78 is 31.6. The molecule has 0 radical (unpaired) electrons. The lowest BCUT2D eigenvalue weighted by atomic mass is 10.1. The van der Waals surface area contributed by atoms with Gasteiger partial charge in [-0.1, -0.05) is 12.1 Å². The average molecular weight is 405 g/mol. The standard InChI is InChI=1S/C19H23N3O5S/c23-18(19(24)21-14-16-4-3-13-27-16)20-10-9-15-5-7-17(8-6-15)28(25,26)22-11-1-2-12-22/h3-8,13H,1-2,9-12,14H2,(H,20,23)(H,21,24). The lowest BCUT2D eigenvalue weighted by Crippen LogP contribution is -2.40. The Morgan fingerprint density at radius 3 is 2.32 bits per heavy atom. The molecule has 0 atom stereocenters. The summed E-state index contributed by atoms with van der Waals surface area (Å²) >= 11 is 0. The van der Waals surface area contributed by atoms with Crippen LogP contribution in [0.5, 0.6) is 0 Å². The zero-order valence-electron chi connectivity index (χ0n) is 15.4. The molecule has 1 aromatic heterocycles. The number of amides is 2. The maximum absolute atomic E-state index is 12.5. The number of hydrogen-bond acceptors (Lipinski definition) is 5. The predicted molar refractivity (Wildman–Crippen MR) is 102 cm³/mol. The largest absolute Gasteiger partial charge is 0.467 e. The summed E-state index contributed by atoms with van der Waals surface area (Å²) in [5, 5.41) is 5.01. The minimum atomic E-state index is -3.42. The highest BCUT2D eigenvalue weighted by Gasteiger charge is 2.26. The van der Waals surface area contributed by atoms with Gasteiger partial charge in [-0.3, -0.25) is 9.59 Å². The van der Waals surface area contributed by atoms with Crippen LogP contribution in [0.1, 0.15) is 24.2 Å². The number of furan rings is 1. The third kappa shape index (κ3) is 4.99. The summed E-state index contributed by atoms with van der Waals surface area (Å²) in [6.45, 7) is 1.55. The third-order valence-electron chi connectivity index (χ3n) is 4.53. The number of sulfonamides is 1. The molecule has 0 saturated carbocycles. The van der Waals surface area contributed by atoms with Gasteiger partial charge in [0, 0.05) is 19.6 Å². The van der Waals surface area contributed by atoms with Gasteiger partial charge in [0.2, 0.25) is 10.0 Å². The third-order valence-corrected chi connectivity index (χ3v) is 6.45. The van der Waals surface area contributed by atoms with E-state index >= 15 is 0 Å². The van der Waals surface area contributed by atoms with Gasteiger partial charge in [-0.25, -0.2) is 8.42 Å². The van der Waals surface area contributed by atoms with E-state index in [0.717, 1.165) is 18.4 Å². The van der Waals surface area contributed by atoms with Crippen molar-refractivity contribution >= 4 is 21.8 Å². The summed E-state index contributed by atoms with van der Waals surface area (Å²) in [5.41, 5.74) is 0.872. The van der Waals surface area contributed by atoms with Crippen molar-refractivity contribution < 1.29 is 22.4 Å². The van der Waals surface area contributed by atoms with Crippen molar-refractivity contribution in [2.24, 2.45) is 0 Å². The fourth-order valence-corrected chi connectivity index (χ4v) is 4.48. The number of rotatable bonds is 7. The van der Waals surface area contributed by atoms with Gasteiger partial charge in [-0.05, 0) is 49.1 Å². The van der Waals surface area contributed by atoms with Gasteiger partial charge < -0.3 is 15.1 Å². The Labute approximate surface area is 164 Å². The molecule has 0 unspecified atom stereocenters. The molecule has 1 aromatic carbocycles. The van der Waals surface area contributed by atoms with Crippen molar-refractivity contribution in [3.05, 3.63) is 54.0 Å². The van der Waals surface area contributed by atoms with Crippen LogP contribution in [0.25, 0.3) is 0 Å². The normalized spacial score (nSPS) is 14.7. The Balaban J connectivity index is 1.44. The number of carbonyl (C=O) groups excluding carboxylic acids is 2. The van der Waals surface area contributed by atoms with Gasteiger partial charge in [0.25, 0.3) is 0 Å². The average Bonchev–Trinajstić information content (AvgIpc) is 3.40. The first-order chi connectivity index (χ1) is 13.5. The monoisotopic (exact) mass is 405 g/mol. The minimum absolute atomic E-state index is 0.145. The molecule has 1 aliphatic rings. The Morgan fingerprint density at radius 2 is 1.68 bits per heavy atom. The highest BCUT2D eigenvalue weighted by molar-refractivity contribution is 7.89. The second-order valence-electron chi connectivity index (χ2n) is 6.52. The molecule has 2 aromatic rings. The maximum atomic E-state index is 12.5. The predicted octanol–water partition coefficient (Wildman–Crippen LogP) is 1.04. The summed E-state index contributed by atoms with van der Waals surface area (Å²) in [6, 6.07) is 10.0. The van der Waals surface area contributed by atoms with Crippen LogP contribution < -0.4 is 10.6 Å². The van der Waals surface area contributed by atoms with E-state index in [1.54, 1.807) is 36.4 Å². The lowest BCUT2D eigenvalue weighted by molar-refractivity contribution is -0.139. The van der Waals surface area contributed by atoms with Crippen LogP contribution in [0.3, 0.4) is 0 Å². The van der Waals surface area contributed by atoms with E-state index in [0.29, 0.717) is 25.3 Å². The van der Waals surface area contributed by atoms with Crippen LogP contribution in [-0.4, -0.2) is 44.2 Å². The Bertz CT molecular complexity index is 902. The first-order valence-electron chi connectivity index (χ1n) is 9.14. The second-order valence-corrected chi connectivity index (χ2v) is 8.46. The smallest absolute Gasteiger partial charge is 0.309 e. The summed E-state index contributed by atoms with van der Waals surface area (Å²) in [4.78, 5) is 23.8. The zero-order valence-corrected chi connectivity index (χ0v) is 16.2. The second kappa shape index (κ2) is 9.03. The van der Waals surface area contributed by atoms with E-state index in [9.17, 15) is 18.0 Å². The number of benzene rings is 1. The zero-order chi connectivity index (χ0) is 20.0. The van der Waals surface area contributed by atoms with E-state index in [4.69, 9.17) is 4.42 Å². The highest BCUT2D eigenvalue weighted by Crippen LogP contribution is 2.21. The molecule has 3 rings (SSSR count). The van der Waals surface area contributed by atoms with Gasteiger partial charge in [0.15, 0.2) is 0 Å². The van der Waals surface area contributed by atoms with Crippen LogP contribution >= 0.6 is 0 Å². The fraction of sp³-hybridized carbons (Fsp3) is 0.368. The van der Waals surface area contributed by atoms with Crippen LogP contribution in [0.15, 0.2) is 52.0 Å². The molecule has 1 aliphatic heterocycles. The Kier molecular flexibility index (Phi) is 6.48. The van der Waals surface area contributed by atoms with Gasteiger partial charge in [-0.15, -0.1) is 0 Å². The molecule has 8 nitrogen and oxygen atoms in total. The molecule has 28 heavy (non-hydrogen) atoms. The molecule has 1 fully saturated rings. The van der Waals surface area contributed by atoms with Crippen LogP contribution in [0.4, 0.5) is 0 Å². The molecule has 2 heterocycles. The number of nitrogens with one attached hydrogen (secondary N) is 2. The molecule has 2 N–H and O–H groups in total. The van der Waals surface area contributed by atoms with Crippen molar-refractivity contribution in [3.63, 3.8) is 0 Å². The van der Waals surface area contributed by atoms with Crippen molar-refractivity contribution in [2.45, 2.75) is 30.7 Å².